The number of alkyl halides is 3. The van der Waals surface area contributed by atoms with Gasteiger partial charge in [-0.2, -0.15) is 0 Å². The molecule has 4 atom stereocenters. The smallest absolute Gasteiger partial charge is 0.329 e. The maximum absolute atomic E-state index is 15.6. The SMILES string of the molecule is COC1=c2c(c(=O)[nH]c(=O)n2C2CC2)=C(C)C(F)C1N1CCC(C(N)CC(F)F)C1. The first kappa shape index (κ1) is 21.2. The highest BCUT2D eigenvalue weighted by molar-refractivity contribution is 5.60. The molecule has 0 radical (unpaired) electrons. The van der Waals surface area contributed by atoms with Gasteiger partial charge in [0.15, 0.2) is 0 Å². The van der Waals surface area contributed by atoms with Gasteiger partial charge in [0, 0.05) is 25.0 Å². The quantitative estimate of drug-likeness (QED) is 0.656. The second-order valence-electron chi connectivity index (χ2n) is 8.52. The number of hydrogen-bond acceptors (Lipinski definition) is 5. The number of H-pyrrole nitrogens is 1. The number of likely N-dealkylation sites (tertiary alicyclic amines) is 1. The van der Waals surface area contributed by atoms with Gasteiger partial charge in [-0.25, -0.2) is 18.0 Å². The summed E-state index contributed by atoms with van der Waals surface area (Å²) in [6, 6.07) is -1.56. The number of halogens is 3. The highest BCUT2D eigenvalue weighted by Crippen LogP contribution is 2.34. The second-order valence-corrected chi connectivity index (χ2v) is 8.52. The molecule has 2 aliphatic carbocycles. The molecule has 4 rings (SSSR count). The standard InChI is InChI=1S/C20H27F3N4O3/c1-9-14-16(27(11-3-4-11)20(29)25-19(14)28)18(30-2)17(15(9)23)26-6-5-10(8-26)12(24)7-13(21)22/h10-13,15,17H,3-8,24H2,1-2H3,(H,25,28,29). The molecule has 7 nitrogen and oxygen atoms in total. The van der Waals surface area contributed by atoms with E-state index < -0.39 is 42.4 Å². The van der Waals surface area contributed by atoms with Crippen LogP contribution in [0.3, 0.4) is 0 Å². The summed E-state index contributed by atoms with van der Waals surface area (Å²) in [5.74, 6) is 0.0529. The molecule has 0 bridgehead atoms. The molecule has 1 saturated heterocycles. The molecule has 3 N–H and O–H groups in total. The van der Waals surface area contributed by atoms with E-state index in [9.17, 15) is 18.4 Å². The fourth-order valence-electron chi connectivity index (χ4n) is 4.87. The third-order valence-electron chi connectivity index (χ3n) is 6.57. The molecule has 2 fully saturated rings. The summed E-state index contributed by atoms with van der Waals surface area (Å²) in [5.41, 5.74) is 5.04. The van der Waals surface area contributed by atoms with Gasteiger partial charge in [-0.15, -0.1) is 0 Å². The largest absolute Gasteiger partial charge is 0.497 e. The van der Waals surface area contributed by atoms with Crippen LogP contribution in [-0.2, 0) is 4.74 Å². The van der Waals surface area contributed by atoms with Gasteiger partial charge < -0.3 is 10.5 Å². The highest BCUT2D eigenvalue weighted by atomic mass is 19.3. The third-order valence-corrected chi connectivity index (χ3v) is 6.57. The molecule has 30 heavy (non-hydrogen) atoms. The molecule has 1 aromatic heterocycles. The van der Waals surface area contributed by atoms with E-state index >= 15 is 4.39 Å². The van der Waals surface area contributed by atoms with Crippen LogP contribution >= 0.6 is 0 Å². The Morgan fingerprint density at radius 2 is 1.97 bits per heavy atom. The van der Waals surface area contributed by atoms with Crippen LogP contribution in [0.15, 0.2) is 9.59 Å². The molecule has 2 heterocycles. The van der Waals surface area contributed by atoms with Crippen LogP contribution in [0.1, 0.15) is 38.6 Å². The number of nitrogens with zero attached hydrogens (tertiary/aromatic N) is 2. The Balaban J connectivity index is 1.81. The fourth-order valence-corrected chi connectivity index (χ4v) is 4.87. The Hall–Kier alpha value is -2.07. The first-order valence-electron chi connectivity index (χ1n) is 10.3. The lowest BCUT2D eigenvalue weighted by Crippen LogP contribution is -2.62. The van der Waals surface area contributed by atoms with Crippen molar-refractivity contribution in [3.05, 3.63) is 31.4 Å². The predicted octanol–water partition coefficient (Wildman–Crippen LogP) is -0.179. The molecular formula is C20H27F3N4O3. The van der Waals surface area contributed by atoms with E-state index in [1.807, 2.05) is 4.90 Å². The van der Waals surface area contributed by atoms with Crippen LogP contribution in [0.5, 0.6) is 0 Å². The van der Waals surface area contributed by atoms with Crippen LogP contribution in [0.4, 0.5) is 13.2 Å². The Bertz CT molecular complexity index is 1060. The molecule has 10 heteroatoms. The van der Waals surface area contributed by atoms with E-state index in [0.717, 1.165) is 12.8 Å². The summed E-state index contributed by atoms with van der Waals surface area (Å²) in [6.45, 7) is 2.38. The number of rotatable bonds is 6. The van der Waals surface area contributed by atoms with Crippen molar-refractivity contribution in [3.63, 3.8) is 0 Å². The Kier molecular flexibility index (Phi) is 5.56. The first-order chi connectivity index (χ1) is 14.2. The molecule has 0 spiro atoms. The number of methoxy groups -OCH3 is 1. The van der Waals surface area contributed by atoms with Crippen molar-refractivity contribution in [2.24, 2.45) is 11.7 Å². The maximum Gasteiger partial charge on any atom is 0.329 e. The van der Waals surface area contributed by atoms with Crippen molar-refractivity contribution < 1.29 is 17.9 Å². The van der Waals surface area contributed by atoms with Gasteiger partial charge in [0.2, 0.25) is 6.43 Å². The Morgan fingerprint density at radius 1 is 1.27 bits per heavy atom. The number of fused-ring (bicyclic) bond motifs is 1. The second kappa shape index (κ2) is 7.88. The molecule has 3 aliphatic rings. The molecule has 0 amide bonds. The number of aromatic nitrogens is 2. The maximum atomic E-state index is 15.6. The van der Waals surface area contributed by atoms with Gasteiger partial charge in [-0.3, -0.25) is 19.2 Å². The zero-order valence-corrected chi connectivity index (χ0v) is 17.0. The highest BCUT2D eigenvalue weighted by Gasteiger charge is 2.43. The van der Waals surface area contributed by atoms with Crippen LogP contribution in [0.25, 0.3) is 11.3 Å². The lowest BCUT2D eigenvalue weighted by molar-refractivity contribution is 0.115. The minimum absolute atomic E-state index is 0.0522. The van der Waals surface area contributed by atoms with Crippen LogP contribution < -0.4 is 27.6 Å². The summed E-state index contributed by atoms with van der Waals surface area (Å²) in [7, 11) is 1.40. The van der Waals surface area contributed by atoms with Crippen LogP contribution in [0.2, 0.25) is 0 Å². The zero-order valence-electron chi connectivity index (χ0n) is 17.0. The topological polar surface area (TPSA) is 93.3 Å². The van der Waals surface area contributed by atoms with Crippen LogP contribution in [0, 0.1) is 5.92 Å². The number of aromatic amines is 1. The number of nitrogens with one attached hydrogen (secondary N) is 1. The Morgan fingerprint density at radius 3 is 2.57 bits per heavy atom. The Labute approximate surface area is 171 Å². The van der Waals surface area contributed by atoms with Crippen molar-refractivity contribution in [2.45, 2.75) is 63.3 Å². The van der Waals surface area contributed by atoms with Gasteiger partial charge in [0.1, 0.15) is 18.0 Å². The minimum Gasteiger partial charge on any atom is -0.497 e. The van der Waals surface area contributed by atoms with Crippen molar-refractivity contribution >= 4 is 11.3 Å². The van der Waals surface area contributed by atoms with Crippen molar-refractivity contribution in [1.82, 2.24) is 14.5 Å². The average molecular weight is 428 g/mol. The molecule has 4 unspecified atom stereocenters. The number of nitrogens with two attached hydrogens (primary N) is 1. The third kappa shape index (κ3) is 3.49. The fraction of sp³-hybridized carbons (Fsp3) is 0.700. The minimum atomic E-state index is -2.49. The van der Waals surface area contributed by atoms with Gasteiger partial charge in [0.25, 0.3) is 5.56 Å². The first-order valence-corrected chi connectivity index (χ1v) is 10.3. The van der Waals surface area contributed by atoms with Gasteiger partial charge in [-0.05, 0) is 44.2 Å². The molecular weight excluding hydrogens is 401 g/mol. The van der Waals surface area contributed by atoms with E-state index in [0.29, 0.717) is 24.9 Å². The molecule has 1 aromatic rings. The van der Waals surface area contributed by atoms with E-state index in [1.54, 1.807) is 6.92 Å². The summed E-state index contributed by atoms with van der Waals surface area (Å²) >= 11 is 0. The van der Waals surface area contributed by atoms with E-state index in [1.165, 1.54) is 11.7 Å². The van der Waals surface area contributed by atoms with Crippen molar-refractivity contribution in [3.8, 4) is 0 Å². The lowest BCUT2D eigenvalue weighted by Gasteiger charge is -2.35. The summed E-state index contributed by atoms with van der Waals surface area (Å²) in [6.07, 6.45) is -2.23. The van der Waals surface area contributed by atoms with Gasteiger partial charge in [-0.1, -0.05) is 0 Å². The number of ether oxygens (including phenoxy) is 1. The van der Waals surface area contributed by atoms with Crippen molar-refractivity contribution in [1.29, 1.82) is 0 Å². The zero-order chi connectivity index (χ0) is 21.7. The summed E-state index contributed by atoms with van der Waals surface area (Å²) in [5, 5.41) is 0.484. The molecule has 1 saturated carbocycles. The van der Waals surface area contributed by atoms with E-state index in [4.69, 9.17) is 10.5 Å². The average Bonchev–Trinajstić information content (AvgIpc) is 3.38. The molecule has 0 aromatic carbocycles. The van der Waals surface area contributed by atoms with Gasteiger partial charge >= 0.3 is 5.69 Å². The predicted molar refractivity (Wildman–Crippen MR) is 105 cm³/mol. The van der Waals surface area contributed by atoms with E-state index in [-0.39, 0.29) is 28.5 Å². The molecule has 166 valence electrons. The van der Waals surface area contributed by atoms with Gasteiger partial charge in [0.05, 0.1) is 17.7 Å². The normalized spacial score (nSPS) is 28.2. The number of hydrogen-bond donors (Lipinski definition) is 2. The van der Waals surface area contributed by atoms with Crippen molar-refractivity contribution in [2.75, 3.05) is 20.2 Å². The van der Waals surface area contributed by atoms with Crippen LogP contribution in [-0.4, -0.2) is 59.3 Å². The van der Waals surface area contributed by atoms with E-state index in [2.05, 4.69) is 4.98 Å². The summed E-state index contributed by atoms with van der Waals surface area (Å²) < 4.78 is 48.2. The summed E-state index contributed by atoms with van der Waals surface area (Å²) in [4.78, 5) is 29.2. The lowest BCUT2D eigenvalue weighted by atomic mass is 9.94. The monoisotopic (exact) mass is 428 g/mol. The molecule has 1 aliphatic heterocycles.